The average Bonchev–Trinajstić information content (AvgIpc) is 2.69. The molecule has 1 rings (SSSR count). The quantitative estimate of drug-likeness (QED) is 0.314. The number of aliphatic hydroxyl groups is 1. The molecular weight excluding hydrogens is 408 g/mol. The van der Waals surface area contributed by atoms with E-state index in [1.807, 2.05) is 6.08 Å². The van der Waals surface area contributed by atoms with Crippen LogP contribution in [0.4, 0.5) is 0 Å². The van der Waals surface area contributed by atoms with Gasteiger partial charge in [0, 0.05) is 17.1 Å². The second-order valence-electron chi connectivity index (χ2n) is 10.7. The predicted octanol–water partition coefficient (Wildman–Crippen LogP) is 6.20. The highest BCUT2D eigenvalue weighted by Crippen LogP contribution is 2.49. The number of carbonyl (C=O) groups is 2. The molecule has 31 heavy (non-hydrogen) atoms. The molecule has 0 unspecified atom stereocenters. The summed E-state index contributed by atoms with van der Waals surface area (Å²) in [6.45, 7) is 18.4. The Bertz CT molecular complexity index is 597. The summed E-state index contributed by atoms with van der Waals surface area (Å²) in [6.07, 6.45) is 6.87. The minimum absolute atomic E-state index is 0.00282. The minimum atomic E-state index is -0.557. The zero-order chi connectivity index (χ0) is 23.8. The van der Waals surface area contributed by atoms with Crippen LogP contribution in [-0.4, -0.2) is 39.6 Å². The van der Waals surface area contributed by atoms with Crippen LogP contribution >= 0.6 is 11.8 Å². The van der Waals surface area contributed by atoms with Gasteiger partial charge in [-0.1, -0.05) is 60.5 Å². The van der Waals surface area contributed by atoms with Crippen molar-refractivity contribution in [2.45, 2.75) is 110 Å². The molecule has 0 aromatic heterocycles. The summed E-state index contributed by atoms with van der Waals surface area (Å²) in [7, 11) is 0. The number of Topliss-reactive ketones (excluding diaryl/α,β-unsaturated/α-hetero) is 1. The lowest BCUT2D eigenvalue weighted by molar-refractivity contribution is -0.154. The van der Waals surface area contributed by atoms with Crippen LogP contribution in [0.15, 0.2) is 12.7 Å². The second-order valence-corrected chi connectivity index (χ2v) is 12.5. The van der Waals surface area contributed by atoms with Crippen molar-refractivity contribution in [3.63, 3.8) is 0 Å². The molecule has 0 amide bonds. The Labute approximate surface area is 195 Å². The number of rotatable bonds is 10. The third-order valence-corrected chi connectivity index (χ3v) is 8.24. The number of unbranched alkanes of at least 4 members (excludes halogenated alkanes) is 1. The fraction of sp³-hybridized carbons (Fsp3) is 0.846. The van der Waals surface area contributed by atoms with Crippen molar-refractivity contribution < 1.29 is 19.4 Å². The van der Waals surface area contributed by atoms with Crippen LogP contribution < -0.4 is 0 Å². The SMILES string of the molecule is C=C[C@@H]1C[C@@H](OC(=O)CSC(C)(C)C)[C@H](C)C[C@@](CCCC)(CCC(C)=O)[C@@H](C)[C@@H]1O. The van der Waals surface area contributed by atoms with Crippen molar-refractivity contribution in [2.75, 3.05) is 5.75 Å². The summed E-state index contributed by atoms with van der Waals surface area (Å²) >= 11 is 1.59. The number of hydrogen-bond donors (Lipinski definition) is 1. The number of carbonyl (C=O) groups excluding carboxylic acids is 2. The number of hydrogen-bond acceptors (Lipinski definition) is 5. The molecule has 1 fully saturated rings. The van der Waals surface area contributed by atoms with Gasteiger partial charge in [0.25, 0.3) is 0 Å². The van der Waals surface area contributed by atoms with Gasteiger partial charge in [0.15, 0.2) is 0 Å². The van der Waals surface area contributed by atoms with Crippen molar-refractivity contribution in [3.05, 3.63) is 12.7 Å². The molecule has 0 spiro atoms. The van der Waals surface area contributed by atoms with Crippen molar-refractivity contribution in [3.8, 4) is 0 Å². The molecule has 0 aromatic carbocycles. The standard InChI is InChI=1S/C26H46O4S/c1-9-11-13-26(14-12-19(4)27)16-18(3)22(15-21(10-2)24(29)20(26)5)30-23(28)17-31-25(6,7)8/h10,18,20-22,24,29H,2,9,11-17H2,1,3-8H3/t18-,20+,21-,22-,24+,26-/m1/s1. The van der Waals surface area contributed by atoms with E-state index in [0.29, 0.717) is 18.6 Å². The van der Waals surface area contributed by atoms with Crippen molar-refractivity contribution in [2.24, 2.45) is 23.2 Å². The maximum Gasteiger partial charge on any atom is 0.316 e. The van der Waals surface area contributed by atoms with E-state index in [2.05, 4.69) is 48.1 Å². The van der Waals surface area contributed by atoms with Gasteiger partial charge in [0.1, 0.15) is 11.9 Å². The third kappa shape index (κ3) is 8.92. The molecule has 4 nitrogen and oxygen atoms in total. The van der Waals surface area contributed by atoms with Crippen LogP contribution in [0, 0.1) is 23.2 Å². The fourth-order valence-electron chi connectivity index (χ4n) is 4.95. The summed E-state index contributed by atoms with van der Waals surface area (Å²) < 4.78 is 5.99. The Balaban J connectivity index is 3.17. The molecule has 0 aromatic rings. The lowest BCUT2D eigenvalue weighted by Crippen LogP contribution is -2.47. The first-order chi connectivity index (χ1) is 14.3. The zero-order valence-corrected chi connectivity index (χ0v) is 21.7. The first kappa shape index (κ1) is 28.2. The molecule has 0 saturated heterocycles. The number of esters is 1. The summed E-state index contributed by atoms with van der Waals surface area (Å²) in [4.78, 5) is 24.5. The Morgan fingerprint density at radius 3 is 2.42 bits per heavy atom. The van der Waals surface area contributed by atoms with Crippen LogP contribution in [0.5, 0.6) is 0 Å². The Morgan fingerprint density at radius 2 is 1.90 bits per heavy atom. The molecule has 0 aliphatic heterocycles. The lowest BCUT2D eigenvalue weighted by atomic mass is 9.59. The van der Waals surface area contributed by atoms with Crippen LogP contribution in [0.2, 0.25) is 0 Å². The molecule has 180 valence electrons. The number of ketones is 1. The van der Waals surface area contributed by atoms with E-state index in [1.165, 1.54) is 0 Å². The molecule has 1 aliphatic rings. The van der Waals surface area contributed by atoms with Gasteiger partial charge in [-0.25, -0.2) is 0 Å². The summed E-state index contributed by atoms with van der Waals surface area (Å²) in [5.41, 5.74) is -0.146. The molecule has 0 bridgehead atoms. The predicted molar refractivity (Wildman–Crippen MR) is 131 cm³/mol. The molecule has 0 radical (unpaired) electrons. The van der Waals surface area contributed by atoms with Gasteiger partial charge < -0.3 is 14.6 Å². The minimum Gasteiger partial charge on any atom is -0.461 e. The summed E-state index contributed by atoms with van der Waals surface area (Å²) in [6, 6.07) is 0. The fourth-order valence-corrected chi connectivity index (χ4v) is 5.57. The molecular formula is C26H46O4S. The first-order valence-corrected chi connectivity index (χ1v) is 13.0. The van der Waals surface area contributed by atoms with E-state index in [0.717, 1.165) is 32.1 Å². The smallest absolute Gasteiger partial charge is 0.316 e. The zero-order valence-electron chi connectivity index (χ0n) is 20.9. The summed E-state index contributed by atoms with van der Waals surface area (Å²) in [5.74, 6) is 0.404. The lowest BCUT2D eigenvalue weighted by Gasteiger charge is -2.48. The van der Waals surface area contributed by atoms with E-state index < -0.39 is 6.10 Å². The van der Waals surface area contributed by atoms with E-state index in [9.17, 15) is 14.7 Å². The van der Waals surface area contributed by atoms with Crippen LogP contribution in [0.3, 0.4) is 0 Å². The van der Waals surface area contributed by atoms with Gasteiger partial charge in [0.05, 0.1) is 11.9 Å². The van der Waals surface area contributed by atoms with Gasteiger partial charge in [-0.2, -0.15) is 0 Å². The monoisotopic (exact) mass is 454 g/mol. The van der Waals surface area contributed by atoms with E-state index in [1.54, 1.807) is 18.7 Å². The van der Waals surface area contributed by atoms with E-state index >= 15 is 0 Å². The van der Waals surface area contributed by atoms with Crippen LogP contribution in [-0.2, 0) is 14.3 Å². The van der Waals surface area contributed by atoms with Crippen molar-refractivity contribution in [1.29, 1.82) is 0 Å². The van der Waals surface area contributed by atoms with E-state index in [-0.39, 0.29) is 45.8 Å². The van der Waals surface area contributed by atoms with Gasteiger partial charge in [0.2, 0.25) is 0 Å². The highest BCUT2D eigenvalue weighted by Gasteiger charge is 2.46. The number of aliphatic hydroxyl groups excluding tert-OH is 1. The number of thioether (sulfide) groups is 1. The first-order valence-electron chi connectivity index (χ1n) is 12.0. The van der Waals surface area contributed by atoms with Gasteiger partial charge in [-0.3, -0.25) is 4.79 Å². The molecule has 1 N–H and O–H groups in total. The average molecular weight is 455 g/mol. The molecule has 5 heteroatoms. The largest absolute Gasteiger partial charge is 0.461 e. The highest BCUT2D eigenvalue weighted by atomic mass is 32.2. The topological polar surface area (TPSA) is 63.6 Å². The number of ether oxygens (including phenoxy) is 1. The third-order valence-electron chi connectivity index (χ3n) is 7.00. The Morgan fingerprint density at radius 1 is 1.26 bits per heavy atom. The highest BCUT2D eigenvalue weighted by molar-refractivity contribution is 8.01. The van der Waals surface area contributed by atoms with Gasteiger partial charge >= 0.3 is 5.97 Å². The van der Waals surface area contributed by atoms with Gasteiger partial charge in [-0.15, -0.1) is 18.3 Å². The molecule has 0 heterocycles. The summed E-state index contributed by atoms with van der Waals surface area (Å²) in [5, 5.41) is 11.3. The van der Waals surface area contributed by atoms with Gasteiger partial charge in [-0.05, 0) is 49.9 Å². The van der Waals surface area contributed by atoms with Crippen LogP contribution in [0.25, 0.3) is 0 Å². The Hall–Kier alpha value is -0.810. The Kier molecular flexibility index (Phi) is 11.3. The molecule has 1 saturated carbocycles. The maximum absolute atomic E-state index is 12.6. The van der Waals surface area contributed by atoms with Crippen LogP contribution in [0.1, 0.15) is 93.4 Å². The van der Waals surface area contributed by atoms with Crippen molar-refractivity contribution >= 4 is 23.5 Å². The van der Waals surface area contributed by atoms with Crippen molar-refractivity contribution in [1.82, 2.24) is 0 Å². The normalized spacial score (nSPS) is 32.1. The molecule has 1 aliphatic carbocycles. The van der Waals surface area contributed by atoms with E-state index in [4.69, 9.17) is 4.74 Å². The molecule has 6 atom stereocenters. The maximum atomic E-state index is 12.6. The second kappa shape index (κ2) is 12.4.